The van der Waals surface area contributed by atoms with Crippen LogP contribution < -0.4 is 4.74 Å². The zero-order chi connectivity index (χ0) is 24.6. The van der Waals surface area contributed by atoms with E-state index in [1.54, 1.807) is 7.11 Å². The predicted molar refractivity (Wildman–Crippen MR) is 142 cm³/mol. The molecule has 0 saturated carbocycles. The number of hydrogen-bond donors (Lipinski definition) is 1. The second-order valence-corrected chi connectivity index (χ2v) is 10.8. The molecule has 1 saturated heterocycles. The maximum absolute atomic E-state index is 11.6. The van der Waals surface area contributed by atoms with Crippen molar-refractivity contribution in [1.29, 1.82) is 0 Å². The van der Waals surface area contributed by atoms with Gasteiger partial charge in [0, 0.05) is 48.9 Å². The summed E-state index contributed by atoms with van der Waals surface area (Å²) in [5, 5.41) is 10.7. The third-order valence-electron chi connectivity index (χ3n) is 7.16. The van der Waals surface area contributed by atoms with E-state index < -0.39 is 5.97 Å². The summed E-state index contributed by atoms with van der Waals surface area (Å²) >= 11 is 1.90. The molecule has 0 radical (unpaired) electrons. The van der Waals surface area contributed by atoms with E-state index in [-0.39, 0.29) is 12.3 Å². The number of likely N-dealkylation sites (tertiary alicyclic amines) is 1. The van der Waals surface area contributed by atoms with Crippen molar-refractivity contribution in [3.05, 3.63) is 54.5 Å². The Morgan fingerprint density at radius 1 is 1.23 bits per heavy atom. The van der Waals surface area contributed by atoms with Gasteiger partial charge >= 0.3 is 5.97 Å². The maximum atomic E-state index is 11.6. The monoisotopic (exact) mass is 495 g/mol. The molecule has 2 atom stereocenters. The number of ether oxygens (including phenoxy) is 1. The summed E-state index contributed by atoms with van der Waals surface area (Å²) < 4.78 is 7.49. The molecule has 35 heavy (non-hydrogen) atoms. The van der Waals surface area contributed by atoms with Gasteiger partial charge in [-0.2, -0.15) is 0 Å². The second kappa shape index (κ2) is 12.5. The zero-order valence-electron chi connectivity index (χ0n) is 20.9. The first-order valence-electron chi connectivity index (χ1n) is 12.6. The van der Waals surface area contributed by atoms with Crippen molar-refractivity contribution in [2.75, 3.05) is 32.5 Å². The van der Waals surface area contributed by atoms with E-state index in [0.717, 1.165) is 74.1 Å². The normalized spacial score (nSPS) is 18.7. The van der Waals surface area contributed by atoms with E-state index in [0.29, 0.717) is 5.92 Å². The van der Waals surface area contributed by atoms with Gasteiger partial charge < -0.3 is 19.3 Å². The van der Waals surface area contributed by atoms with Crippen LogP contribution in [0.3, 0.4) is 0 Å². The van der Waals surface area contributed by atoms with E-state index in [9.17, 15) is 9.90 Å². The first-order chi connectivity index (χ1) is 17.0. The van der Waals surface area contributed by atoms with Crippen molar-refractivity contribution in [2.45, 2.75) is 43.4 Å². The topological polar surface area (TPSA) is 67.6 Å². The Kier molecular flexibility index (Phi) is 9.10. The molecule has 0 amide bonds. The Morgan fingerprint density at radius 2 is 2.11 bits per heavy atom. The van der Waals surface area contributed by atoms with Crippen LogP contribution in [0.4, 0.5) is 0 Å². The number of aliphatic carboxylic acids is 1. The molecule has 2 aromatic heterocycles. The molecule has 0 unspecified atom stereocenters. The Bertz CT molecular complexity index is 1120. The smallest absolute Gasteiger partial charge is 0.303 e. The average molecular weight is 496 g/mol. The molecule has 0 aliphatic carbocycles. The minimum Gasteiger partial charge on any atom is -0.497 e. The molecule has 6 nitrogen and oxygen atoms in total. The third kappa shape index (κ3) is 7.24. The summed E-state index contributed by atoms with van der Waals surface area (Å²) in [5.74, 6) is 1.98. The van der Waals surface area contributed by atoms with Gasteiger partial charge in [0.2, 0.25) is 0 Å². The first-order valence-corrected chi connectivity index (χ1v) is 13.6. The van der Waals surface area contributed by atoms with Crippen molar-refractivity contribution < 1.29 is 14.6 Å². The molecule has 0 bridgehead atoms. The highest BCUT2D eigenvalue weighted by atomic mass is 32.2. The molecular formula is C28H37N3O3S. The number of methoxy groups -OCH3 is 1. The van der Waals surface area contributed by atoms with Crippen LogP contribution in [0.5, 0.6) is 5.75 Å². The molecule has 3 aromatic rings. The van der Waals surface area contributed by atoms with Crippen LogP contribution in [-0.4, -0.2) is 58.0 Å². The number of rotatable bonds is 12. The van der Waals surface area contributed by atoms with Gasteiger partial charge in [0.1, 0.15) is 5.75 Å². The highest BCUT2D eigenvalue weighted by Crippen LogP contribution is 2.32. The molecule has 188 valence electrons. The minimum absolute atomic E-state index is 0.234. The van der Waals surface area contributed by atoms with Crippen molar-refractivity contribution >= 4 is 28.6 Å². The molecule has 3 heterocycles. The predicted octanol–water partition coefficient (Wildman–Crippen LogP) is 5.50. The van der Waals surface area contributed by atoms with Crippen LogP contribution in [0, 0.1) is 11.8 Å². The quantitative estimate of drug-likeness (QED) is 0.264. The lowest BCUT2D eigenvalue weighted by molar-refractivity contribution is -0.139. The van der Waals surface area contributed by atoms with Crippen LogP contribution in [0.1, 0.15) is 37.7 Å². The van der Waals surface area contributed by atoms with Crippen molar-refractivity contribution in [2.24, 2.45) is 18.9 Å². The van der Waals surface area contributed by atoms with Crippen LogP contribution in [0.2, 0.25) is 0 Å². The first kappa shape index (κ1) is 25.6. The molecule has 0 spiro atoms. The van der Waals surface area contributed by atoms with Gasteiger partial charge in [0.25, 0.3) is 0 Å². The summed E-state index contributed by atoms with van der Waals surface area (Å²) in [6, 6.07) is 10.3. The van der Waals surface area contributed by atoms with E-state index in [1.165, 1.54) is 10.5 Å². The molecular weight excluding hydrogens is 458 g/mol. The number of aromatic nitrogens is 2. The SMILES string of the molecule is COc1ccc2nccc(CCC[C@@H]3CCN(CCCSc4ccn(C)c4)C[C@@H]3CC(=O)O)c2c1. The average Bonchev–Trinajstić information content (AvgIpc) is 3.27. The summed E-state index contributed by atoms with van der Waals surface area (Å²) in [4.78, 5) is 19.9. The number of fused-ring (bicyclic) bond motifs is 1. The van der Waals surface area contributed by atoms with Crippen LogP contribution in [0.15, 0.2) is 53.8 Å². The lowest BCUT2D eigenvalue weighted by Crippen LogP contribution is -2.41. The summed E-state index contributed by atoms with van der Waals surface area (Å²) in [7, 11) is 3.74. The number of nitrogens with zero attached hydrogens (tertiary/aromatic N) is 3. The van der Waals surface area contributed by atoms with Gasteiger partial charge in [-0.3, -0.25) is 9.78 Å². The van der Waals surface area contributed by atoms with Gasteiger partial charge in [-0.1, -0.05) is 0 Å². The number of aryl methyl sites for hydroxylation is 2. The fraction of sp³-hybridized carbons (Fsp3) is 0.500. The largest absolute Gasteiger partial charge is 0.497 e. The van der Waals surface area contributed by atoms with Crippen molar-refractivity contribution in [3.8, 4) is 5.75 Å². The van der Waals surface area contributed by atoms with E-state index in [1.807, 2.05) is 37.1 Å². The lowest BCUT2D eigenvalue weighted by atomic mass is 9.80. The number of piperidine rings is 1. The zero-order valence-corrected chi connectivity index (χ0v) is 21.7. The van der Waals surface area contributed by atoms with Crippen molar-refractivity contribution in [3.63, 3.8) is 0 Å². The number of carboxylic acid groups (broad SMARTS) is 1. The minimum atomic E-state index is -0.672. The second-order valence-electron chi connectivity index (χ2n) is 9.67. The molecule has 1 aliphatic heterocycles. The molecule has 1 aliphatic rings. The highest BCUT2D eigenvalue weighted by molar-refractivity contribution is 7.99. The van der Waals surface area contributed by atoms with Gasteiger partial charge in [-0.25, -0.2) is 0 Å². The van der Waals surface area contributed by atoms with Crippen LogP contribution in [-0.2, 0) is 18.3 Å². The lowest BCUT2D eigenvalue weighted by Gasteiger charge is -2.38. The van der Waals surface area contributed by atoms with Crippen molar-refractivity contribution in [1.82, 2.24) is 14.5 Å². The van der Waals surface area contributed by atoms with Gasteiger partial charge in [-0.05, 0) is 98.7 Å². The highest BCUT2D eigenvalue weighted by Gasteiger charge is 2.30. The summed E-state index contributed by atoms with van der Waals surface area (Å²) in [6.45, 7) is 3.03. The molecule has 1 fully saturated rings. The Balaban J connectivity index is 1.27. The van der Waals surface area contributed by atoms with Gasteiger partial charge in [0.15, 0.2) is 0 Å². The Morgan fingerprint density at radius 3 is 2.89 bits per heavy atom. The number of benzene rings is 1. The number of carbonyl (C=O) groups is 1. The van der Waals surface area contributed by atoms with E-state index >= 15 is 0 Å². The Labute approximate surface area is 212 Å². The van der Waals surface area contributed by atoms with Crippen LogP contribution >= 0.6 is 11.8 Å². The number of hydrogen-bond acceptors (Lipinski definition) is 5. The number of pyridine rings is 1. The molecule has 1 N–H and O–H groups in total. The number of thioether (sulfide) groups is 1. The molecule has 1 aromatic carbocycles. The maximum Gasteiger partial charge on any atom is 0.303 e. The third-order valence-corrected chi connectivity index (χ3v) is 8.23. The number of carboxylic acids is 1. The Hall–Kier alpha value is -2.51. The van der Waals surface area contributed by atoms with Gasteiger partial charge in [0.05, 0.1) is 12.6 Å². The van der Waals surface area contributed by atoms with Crippen LogP contribution in [0.25, 0.3) is 10.9 Å². The fourth-order valence-electron chi connectivity index (χ4n) is 5.32. The van der Waals surface area contributed by atoms with E-state index in [4.69, 9.17) is 4.74 Å². The summed E-state index contributed by atoms with van der Waals surface area (Å²) in [5.41, 5.74) is 2.28. The van der Waals surface area contributed by atoms with E-state index in [2.05, 4.69) is 45.0 Å². The summed E-state index contributed by atoms with van der Waals surface area (Å²) in [6.07, 6.45) is 11.7. The molecule has 4 rings (SSSR count). The fourth-order valence-corrected chi connectivity index (χ4v) is 6.23. The van der Waals surface area contributed by atoms with Gasteiger partial charge in [-0.15, -0.1) is 11.8 Å². The standard InChI is InChI=1S/C28H37N3O3S/c1-30-14-11-25(20-30)35-16-4-13-31-15-10-21(23(19-31)17-28(32)33)5-3-6-22-9-12-29-27-8-7-24(34-2)18-26(22)27/h7-9,11-12,14,18,20-21,23H,3-6,10,13,15-17,19H2,1-2H3,(H,32,33)/t21-,23+/m1/s1. The molecule has 7 heteroatoms.